The Hall–Kier alpha value is -1.32. The molecule has 0 aromatic carbocycles. The van der Waals surface area contributed by atoms with Crippen LogP contribution in [0.1, 0.15) is 31.2 Å². The van der Waals surface area contributed by atoms with Gasteiger partial charge in [0, 0.05) is 29.9 Å². The molecule has 0 saturated heterocycles. The third kappa shape index (κ3) is 5.58. The summed E-state index contributed by atoms with van der Waals surface area (Å²) in [6, 6.07) is 0.254. The maximum atomic E-state index is 12.4. The van der Waals surface area contributed by atoms with Crippen LogP contribution in [0.4, 0.5) is 19.0 Å². The summed E-state index contributed by atoms with van der Waals surface area (Å²) < 4.78 is 37.1. The lowest BCUT2D eigenvalue weighted by atomic mass is 10.1. The van der Waals surface area contributed by atoms with Gasteiger partial charge in [0.05, 0.1) is 13.0 Å². The zero-order valence-corrected chi connectivity index (χ0v) is 14.7. The molecule has 1 aromatic rings. The van der Waals surface area contributed by atoms with Gasteiger partial charge >= 0.3 is 6.18 Å². The molecule has 1 aliphatic carbocycles. The van der Waals surface area contributed by atoms with Gasteiger partial charge in [-0.3, -0.25) is 0 Å². The van der Waals surface area contributed by atoms with Gasteiger partial charge in [0.15, 0.2) is 0 Å². The van der Waals surface area contributed by atoms with E-state index in [4.69, 9.17) is 5.73 Å². The van der Waals surface area contributed by atoms with Gasteiger partial charge in [-0.25, -0.2) is 9.97 Å². The van der Waals surface area contributed by atoms with Gasteiger partial charge < -0.3 is 15.7 Å². The van der Waals surface area contributed by atoms with Crippen LogP contribution in [0.15, 0.2) is 17.9 Å². The zero-order valence-electron chi connectivity index (χ0n) is 13.9. The molecule has 1 aromatic heterocycles. The summed E-state index contributed by atoms with van der Waals surface area (Å²) in [5, 5.41) is 9.88. The lowest BCUT2D eigenvalue weighted by Crippen LogP contribution is -2.38. The van der Waals surface area contributed by atoms with E-state index in [1.54, 1.807) is 6.08 Å². The summed E-state index contributed by atoms with van der Waals surface area (Å²) in [5.74, 6) is 0.474. The number of thioether (sulfide) groups is 1. The Bertz CT molecular complexity index is 585. The highest BCUT2D eigenvalue weighted by Gasteiger charge is 2.30. The molecular weight excluding hydrogens is 353 g/mol. The van der Waals surface area contributed by atoms with E-state index in [1.807, 2.05) is 4.90 Å². The Morgan fingerprint density at radius 2 is 2.16 bits per heavy atom. The van der Waals surface area contributed by atoms with Crippen molar-refractivity contribution < 1.29 is 18.3 Å². The minimum Gasteiger partial charge on any atom is -0.395 e. The van der Waals surface area contributed by atoms with E-state index in [2.05, 4.69) is 16.5 Å². The van der Waals surface area contributed by atoms with Gasteiger partial charge in [-0.05, 0) is 19.3 Å². The number of aromatic nitrogens is 2. The Morgan fingerprint density at radius 3 is 2.72 bits per heavy atom. The average molecular weight is 376 g/mol. The van der Waals surface area contributed by atoms with Crippen molar-refractivity contribution in [1.29, 1.82) is 0 Å². The average Bonchev–Trinajstić information content (AvgIpc) is 2.97. The topological polar surface area (TPSA) is 75.3 Å². The van der Waals surface area contributed by atoms with Crippen molar-refractivity contribution in [3.05, 3.63) is 18.5 Å². The van der Waals surface area contributed by atoms with Crippen LogP contribution in [-0.4, -0.2) is 52.2 Å². The molecule has 0 aliphatic heterocycles. The van der Waals surface area contributed by atoms with Crippen LogP contribution < -0.4 is 10.6 Å². The Kier molecular flexibility index (Phi) is 7.09. The second kappa shape index (κ2) is 8.86. The van der Waals surface area contributed by atoms with Crippen molar-refractivity contribution in [2.45, 2.75) is 49.0 Å². The largest absolute Gasteiger partial charge is 0.395 e. The number of alkyl halides is 3. The molecule has 3 N–H and O–H groups in total. The smallest absolute Gasteiger partial charge is 0.389 e. The molecule has 25 heavy (non-hydrogen) atoms. The lowest BCUT2D eigenvalue weighted by molar-refractivity contribution is -0.129. The first-order valence-corrected chi connectivity index (χ1v) is 9.14. The SMILES string of the molecule is C=Cc1c(SCCC(F)(F)F)ncnc1N(CCO)C1CCC(N)C1. The molecule has 0 radical (unpaired) electrons. The fraction of sp³-hybridized carbons (Fsp3) is 0.625. The molecule has 1 aliphatic rings. The maximum absolute atomic E-state index is 12.4. The molecule has 5 nitrogen and oxygen atoms in total. The fourth-order valence-corrected chi connectivity index (χ4v) is 3.98. The van der Waals surface area contributed by atoms with Crippen LogP contribution >= 0.6 is 11.8 Å². The number of anilines is 1. The van der Waals surface area contributed by atoms with Gasteiger partial charge in [-0.1, -0.05) is 12.7 Å². The van der Waals surface area contributed by atoms with Crippen molar-refractivity contribution in [3.63, 3.8) is 0 Å². The molecule has 1 saturated carbocycles. The zero-order chi connectivity index (χ0) is 18.4. The van der Waals surface area contributed by atoms with Crippen LogP contribution in [0.2, 0.25) is 0 Å². The lowest BCUT2D eigenvalue weighted by Gasteiger charge is -2.31. The van der Waals surface area contributed by atoms with Crippen LogP contribution in [-0.2, 0) is 0 Å². The Morgan fingerprint density at radius 1 is 1.40 bits per heavy atom. The van der Waals surface area contributed by atoms with Crippen molar-refractivity contribution in [2.75, 3.05) is 23.8 Å². The summed E-state index contributed by atoms with van der Waals surface area (Å²) >= 11 is 1.04. The van der Waals surface area contributed by atoms with Gasteiger partial charge in [-0.15, -0.1) is 11.8 Å². The first-order chi connectivity index (χ1) is 11.9. The molecule has 9 heteroatoms. The Balaban J connectivity index is 2.23. The third-order valence-corrected chi connectivity index (χ3v) is 5.16. The third-order valence-electron chi connectivity index (χ3n) is 4.15. The first-order valence-electron chi connectivity index (χ1n) is 8.15. The second-order valence-corrected chi connectivity index (χ2v) is 7.06. The van der Waals surface area contributed by atoms with E-state index in [0.717, 1.165) is 31.0 Å². The number of nitrogens with two attached hydrogens (primary N) is 1. The molecule has 1 heterocycles. The minimum atomic E-state index is -4.19. The molecule has 1 fully saturated rings. The standard InChI is InChI=1S/C16H23F3N4OS/c1-2-13-14(23(6-7-24)12-4-3-11(20)9-12)21-10-22-15(13)25-8-5-16(17,18)19/h2,10-12,24H,1,3-9,20H2. The number of hydrogen-bond donors (Lipinski definition) is 2. The van der Waals surface area contributed by atoms with E-state index in [0.29, 0.717) is 23.0 Å². The summed E-state index contributed by atoms with van der Waals surface area (Å²) in [6.45, 7) is 4.09. The summed E-state index contributed by atoms with van der Waals surface area (Å²) in [6.07, 6.45) is 0.400. The molecule has 2 rings (SSSR count). The van der Waals surface area contributed by atoms with E-state index >= 15 is 0 Å². The summed E-state index contributed by atoms with van der Waals surface area (Å²) in [5.41, 5.74) is 6.59. The number of aliphatic hydroxyl groups is 1. The normalized spacial score (nSPS) is 20.7. The molecular formula is C16H23F3N4OS. The summed E-state index contributed by atoms with van der Waals surface area (Å²) in [7, 11) is 0. The predicted octanol–water partition coefficient (Wildman–Crippen LogP) is 2.84. The van der Waals surface area contributed by atoms with E-state index in [1.165, 1.54) is 6.33 Å². The number of hydrogen-bond acceptors (Lipinski definition) is 6. The van der Waals surface area contributed by atoms with Crippen molar-refractivity contribution in [2.24, 2.45) is 5.73 Å². The number of rotatable bonds is 8. The van der Waals surface area contributed by atoms with Gasteiger partial charge in [0.2, 0.25) is 0 Å². The quantitative estimate of drug-likeness (QED) is 0.537. The van der Waals surface area contributed by atoms with Crippen LogP contribution in [0.3, 0.4) is 0 Å². The maximum Gasteiger partial charge on any atom is 0.389 e. The molecule has 140 valence electrons. The van der Waals surface area contributed by atoms with Gasteiger partial charge in [0.1, 0.15) is 17.2 Å². The molecule has 0 amide bonds. The van der Waals surface area contributed by atoms with Crippen molar-refractivity contribution in [1.82, 2.24) is 9.97 Å². The van der Waals surface area contributed by atoms with E-state index in [9.17, 15) is 18.3 Å². The van der Waals surface area contributed by atoms with E-state index in [-0.39, 0.29) is 24.4 Å². The number of nitrogens with zero attached hydrogens (tertiary/aromatic N) is 3. The van der Waals surface area contributed by atoms with Crippen molar-refractivity contribution >= 4 is 23.7 Å². The second-order valence-electron chi connectivity index (χ2n) is 5.98. The number of halogens is 3. The molecule has 0 spiro atoms. The molecule has 2 unspecified atom stereocenters. The highest BCUT2D eigenvalue weighted by atomic mass is 32.2. The minimum absolute atomic E-state index is 0.0527. The van der Waals surface area contributed by atoms with E-state index < -0.39 is 12.6 Å². The van der Waals surface area contributed by atoms with Crippen molar-refractivity contribution in [3.8, 4) is 0 Å². The van der Waals surface area contributed by atoms with Crippen LogP contribution in [0, 0.1) is 0 Å². The first kappa shape index (κ1) is 20.0. The fourth-order valence-electron chi connectivity index (χ4n) is 3.00. The molecule has 2 atom stereocenters. The monoisotopic (exact) mass is 376 g/mol. The van der Waals surface area contributed by atoms with Gasteiger partial charge in [0.25, 0.3) is 0 Å². The highest BCUT2D eigenvalue weighted by molar-refractivity contribution is 7.99. The van der Waals surface area contributed by atoms with Gasteiger partial charge in [-0.2, -0.15) is 13.2 Å². The molecule has 0 bridgehead atoms. The number of aliphatic hydroxyl groups excluding tert-OH is 1. The highest BCUT2D eigenvalue weighted by Crippen LogP contribution is 2.34. The van der Waals surface area contributed by atoms with Crippen LogP contribution in [0.25, 0.3) is 6.08 Å². The Labute approximate surface area is 149 Å². The van der Waals surface area contributed by atoms with Crippen LogP contribution in [0.5, 0.6) is 0 Å². The predicted molar refractivity (Wildman–Crippen MR) is 93.6 cm³/mol. The summed E-state index contributed by atoms with van der Waals surface area (Å²) in [4.78, 5) is 10.4.